The monoisotopic (exact) mass is 384 g/mol. The lowest BCUT2D eigenvalue weighted by atomic mass is 10.1. The number of hydrogen-bond acceptors (Lipinski definition) is 4. The molecular weight excluding hydrogens is 364 g/mol. The molecule has 27 heavy (non-hydrogen) atoms. The summed E-state index contributed by atoms with van der Waals surface area (Å²) in [4.78, 5) is 16.7. The molecule has 0 unspecified atom stereocenters. The average Bonchev–Trinajstić information content (AvgIpc) is 3.11. The molecule has 1 amide bonds. The highest BCUT2D eigenvalue weighted by Crippen LogP contribution is 2.24. The van der Waals surface area contributed by atoms with E-state index in [2.05, 4.69) is 29.2 Å². The summed E-state index contributed by atoms with van der Waals surface area (Å²) >= 11 is 6.00. The van der Waals surface area contributed by atoms with E-state index in [0.29, 0.717) is 22.9 Å². The third kappa shape index (κ3) is 3.94. The van der Waals surface area contributed by atoms with E-state index in [9.17, 15) is 4.79 Å². The molecule has 1 aliphatic heterocycles. The molecule has 0 bridgehead atoms. The van der Waals surface area contributed by atoms with Gasteiger partial charge < -0.3 is 19.0 Å². The van der Waals surface area contributed by atoms with Crippen LogP contribution in [-0.4, -0.2) is 44.2 Å². The zero-order chi connectivity index (χ0) is 18.8. The maximum Gasteiger partial charge on any atom is 0.289 e. The minimum absolute atomic E-state index is 0.153. The number of halogens is 1. The van der Waals surface area contributed by atoms with Crippen molar-refractivity contribution >= 4 is 34.2 Å². The van der Waals surface area contributed by atoms with E-state index in [1.165, 1.54) is 5.69 Å². The predicted octanol–water partition coefficient (Wildman–Crippen LogP) is 4.20. The highest BCUT2D eigenvalue weighted by atomic mass is 35.5. The van der Waals surface area contributed by atoms with Crippen molar-refractivity contribution < 1.29 is 13.9 Å². The Balaban J connectivity index is 1.44. The van der Waals surface area contributed by atoms with Crippen molar-refractivity contribution in [3.05, 3.63) is 64.9 Å². The summed E-state index contributed by atoms with van der Waals surface area (Å²) in [6.07, 6.45) is 0. The van der Waals surface area contributed by atoms with Crippen molar-refractivity contribution in [1.82, 2.24) is 4.90 Å². The number of benzene rings is 2. The number of morpholine rings is 1. The minimum atomic E-state index is -0.153. The van der Waals surface area contributed by atoms with Crippen molar-refractivity contribution in [2.75, 3.05) is 38.3 Å². The Bertz CT molecular complexity index is 946. The van der Waals surface area contributed by atoms with Gasteiger partial charge in [-0.3, -0.25) is 4.79 Å². The molecule has 1 fully saturated rings. The Morgan fingerprint density at radius 1 is 1.11 bits per heavy atom. The van der Waals surface area contributed by atoms with Gasteiger partial charge in [-0.05, 0) is 42.0 Å². The van der Waals surface area contributed by atoms with Crippen molar-refractivity contribution in [2.24, 2.45) is 0 Å². The maximum absolute atomic E-state index is 12.7. The molecule has 6 heteroatoms. The van der Waals surface area contributed by atoms with Crippen LogP contribution < -0.4 is 4.90 Å². The quantitative estimate of drug-likeness (QED) is 0.676. The Hall–Kier alpha value is -2.50. The number of carbonyl (C=O) groups is 1. The molecule has 140 valence electrons. The molecule has 1 aromatic heterocycles. The number of ether oxygens (including phenoxy) is 1. The second-order valence-electron chi connectivity index (χ2n) is 6.72. The van der Waals surface area contributed by atoms with Gasteiger partial charge in [-0.1, -0.05) is 23.7 Å². The van der Waals surface area contributed by atoms with E-state index in [-0.39, 0.29) is 5.91 Å². The van der Waals surface area contributed by atoms with Gasteiger partial charge >= 0.3 is 0 Å². The van der Waals surface area contributed by atoms with Gasteiger partial charge in [0.15, 0.2) is 5.76 Å². The Labute approximate surface area is 163 Å². The smallest absolute Gasteiger partial charge is 0.289 e. The van der Waals surface area contributed by atoms with Crippen molar-refractivity contribution in [3.63, 3.8) is 0 Å². The van der Waals surface area contributed by atoms with E-state index < -0.39 is 0 Å². The summed E-state index contributed by atoms with van der Waals surface area (Å²) in [5, 5.41) is 1.45. The number of carbonyl (C=O) groups excluding carboxylic acids is 1. The third-order valence-electron chi connectivity index (χ3n) is 4.77. The third-order valence-corrected chi connectivity index (χ3v) is 5.00. The first kappa shape index (κ1) is 17.9. The number of amides is 1. The lowest BCUT2D eigenvalue weighted by molar-refractivity contribution is 0.0756. The van der Waals surface area contributed by atoms with E-state index in [0.717, 1.165) is 37.3 Å². The van der Waals surface area contributed by atoms with Crippen LogP contribution in [0.15, 0.2) is 52.9 Å². The first-order valence-corrected chi connectivity index (χ1v) is 9.34. The summed E-state index contributed by atoms with van der Waals surface area (Å²) < 4.78 is 11.1. The van der Waals surface area contributed by atoms with E-state index in [4.69, 9.17) is 20.8 Å². The Morgan fingerprint density at radius 3 is 2.59 bits per heavy atom. The molecule has 0 radical (unpaired) electrons. The summed E-state index contributed by atoms with van der Waals surface area (Å²) in [5.74, 6) is 0.166. The van der Waals surface area contributed by atoms with Crippen LogP contribution >= 0.6 is 11.6 Å². The highest BCUT2D eigenvalue weighted by Gasteiger charge is 2.17. The lowest BCUT2D eigenvalue weighted by Crippen LogP contribution is -2.36. The standard InChI is InChI=1S/C21H21ClN2O3/c1-23(21(25)20-13-16-12-17(22)4-7-19(16)27-20)14-15-2-5-18(6-3-15)24-8-10-26-11-9-24/h2-7,12-13H,8-11,14H2,1H3. The van der Waals surface area contributed by atoms with Gasteiger partial charge in [0.2, 0.25) is 0 Å². The molecule has 0 spiro atoms. The van der Waals surface area contributed by atoms with Gasteiger partial charge in [0.05, 0.1) is 13.2 Å². The molecule has 4 rings (SSSR count). The predicted molar refractivity (Wildman–Crippen MR) is 106 cm³/mol. The topological polar surface area (TPSA) is 45.9 Å². The molecule has 0 saturated carbocycles. The normalized spacial score (nSPS) is 14.5. The molecule has 2 heterocycles. The summed E-state index contributed by atoms with van der Waals surface area (Å²) in [7, 11) is 1.78. The number of fused-ring (bicyclic) bond motifs is 1. The SMILES string of the molecule is CN(Cc1ccc(N2CCOCC2)cc1)C(=O)c1cc2cc(Cl)ccc2o1. The van der Waals surface area contributed by atoms with Gasteiger partial charge in [-0.2, -0.15) is 0 Å². The second-order valence-corrected chi connectivity index (χ2v) is 7.16. The molecule has 2 aromatic carbocycles. The first-order chi connectivity index (χ1) is 13.1. The Morgan fingerprint density at radius 2 is 1.85 bits per heavy atom. The fourth-order valence-corrected chi connectivity index (χ4v) is 3.47. The largest absolute Gasteiger partial charge is 0.451 e. The molecule has 0 atom stereocenters. The fourth-order valence-electron chi connectivity index (χ4n) is 3.29. The molecular formula is C21H21ClN2O3. The van der Waals surface area contributed by atoms with Gasteiger partial charge in [0.25, 0.3) is 5.91 Å². The lowest BCUT2D eigenvalue weighted by Gasteiger charge is -2.29. The van der Waals surface area contributed by atoms with Gasteiger partial charge in [-0.25, -0.2) is 0 Å². The van der Waals surface area contributed by atoms with Crippen LogP contribution in [0.25, 0.3) is 11.0 Å². The zero-order valence-electron chi connectivity index (χ0n) is 15.2. The fraction of sp³-hybridized carbons (Fsp3) is 0.286. The van der Waals surface area contributed by atoms with Crippen molar-refractivity contribution in [3.8, 4) is 0 Å². The molecule has 0 aliphatic carbocycles. The van der Waals surface area contributed by atoms with Crippen LogP contribution in [0.2, 0.25) is 5.02 Å². The van der Waals surface area contributed by atoms with Crippen molar-refractivity contribution in [2.45, 2.75) is 6.54 Å². The summed E-state index contributed by atoms with van der Waals surface area (Å²) in [6.45, 7) is 3.87. The maximum atomic E-state index is 12.7. The highest BCUT2D eigenvalue weighted by molar-refractivity contribution is 6.31. The van der Waals surface area contributed by atoms with Crippen LogP contribution in [0, 0.1) is 0 Å². The number of nitrogens with zero attached hydrogens (tertiary/aromatic N) is 2. The average molecular weight is 385 g/mol. The van der Waals surface area contributed by atoms with Crippen molar-refractivity contribution in [1.29, 1.82) is 0 Å². The molecule has 1 saturated heterocycles. The number of anilines is 1. The second kappa shape index (κ2) is 7.62. The van der Waals surface area contributed by atoms with Crippen LogP contribution in [0.4, 0.5) is 5.69 Å². The molecule has 1 aliphatic rings. The van der Waals surface area contributed by atoms with E-state index in [1.807, 2.05) is 0 Å². The van der Waals surface area contributed by atoms with Crippen LogP contribution in [0.5, 0.6) is 0 Å². The Kier molecular flexibility index (Phi) is 5.05. The summed E-state index contributed by atoms with van der Waals surface area (Å²) in [6, 6.07) is 15.4. The van der Waals surface area contributed by atoms with Crippen LogP contribution in [0.1, 0.15) is 16.1 Å². The van der Waals surface area contributed by atoms with Gasteiger partial charge in [-0.15, -0.1) is 0 Å². The van der Waals surface area contributed by atoms with Crippen LogP contribution in [-0.2, 0) is 11.3 Å². The molecule has 0 N–H and O–H groups in total. The zero-order valence-corrected chi connectivity index (χ0v) is 15.9. The summed E-state index contributed by atoms with van der Waals surface area (Å²) in [5.41, 5.74) is 2.92. The number of furan rings is 1. The molecule has 5 nitrogen and oxygen atoms in total. The minimum Gasteiger partial charge on any atom is -0.451 e. The number of hydrogen-bond donors (Lipinski definition) is 0. The number of rotatable bonds is 4. The van der Waals surface area contributed by atoms with E-state index >= 15 is 0 Å². The molecule has 3 aromatic rings. The van der Waals surface area contributed by atoms with E-state index in [1.54, 1.807) is 36.2 Å². The van der Waals surface area contributed by atoms with Gasteiger partial charge in [0, 0.05) is 42.8 Å². The first-order valence-electron chi connectivity index (χ1n) is 8.96. The van der Waals surface area contributed by atoms with Crippen LogP contribution in [0.3, 0.4) is 0 Å². The van der Waals surface area contributed by atoms with Gasteiger partial charge in [0.1, 0.15) is 5.58 Å².